The van der Waals surface area contributed by atoms with Gasteiger partial charge >= 0.3 is 0 Å². The quantitative estimate of drug-likeness (QED) is 0.821. The molecule has 1 saturated heterocycles. The summed E-state index contributed by atoms with van der Waals surface area (Å²) >= 11 is 0. The molecule has 1 fully saturated rings. The van der Waals surface area contributed by atoms with Crippen LogP contribution in [0.4, 0.5) is 0 Å². The van der Waals surface area contributed by atoms with Gasteiger partial charge in [0.15, 0.2) is 5.69 Å². The average molecular weight is 338 g/mol. The molecule has 0 N–H and O–H groups in total. The minimum absolute atomic E-state index is 0.0782. The molecule has 1 aliphatic heterocycles. The summed E-state index contributed by atoms with van der Waals surface area (Å²) in [5.74, 6) is 0.343. The summed E-state index contributed by atoms with van der Waals surface area (Å²) in [6, 6.07) is 1.58. The summed E-state index contributed by atoms with van der Waals surface area (Å²) in [4.78, 5) is 17.8. The second-order valence-corrected chi connectivity index (χ2v) is 7.80. The van der Waals surface area contributed by atoms with E-state index >= 15 is 0 Å². The third kappa shape index (κ3) is 2.88. The molecule has 3 heterocycles. The lowest BCUT2D eigenvalue weighted by Crippen LogP contribution is -2.43. The molecule has 0 saturated carbocycles. The molecule has 2 aromatic heterocycles. The van der Waals surface area contributed by atoms with Gasteiger partial charge in [0.25, 0.3) is 5.91 Å². The van der Waals surface area contributed by atoms with Crippen molar-refractivity contribution in [2.45, 2.75) is 30.2 Å². The molecular formula is C14H18N4O4S. The molecule has 1 aliphatic rings. The molecule has 0 spiro atoms. The van der Waals surface area contributed by atoms with E-state index in [-0.39, 0.29) is 16.8 Å². The van der Waals surface area contributed by atoms with E-state index in [1.54, 1.807) is 31.1 Å². The molecule has 3 rings (SSSR count). The van der Waals surface area contributed by atoms with E-state index in [2.05, 4.69) is 10.1 Å². The van der Waals surface area contributed by atoms with Gasteiger partial charge in [-0.05, 0) is 19.8 Å². The zero-order valence-corrected chi connectivity index (χ0v) is 13.8. The minimum Gasteiger partial charge on any atom is -0.361 e. The van der Waals surface area contributed by atoms with Crippen molar-refractivity contribution in [2.24, 2.45) is 7.05 Å². The lowest BCUT2D eigenvalue weighted by molar-refractivity contribution is 0.0715. The Morgan fingerprint density at radius 3 is 2.57 bits per heavy atom. The second kappa shape index (κ2) is 5.80. The van der Waals surface area contributed by atoms with Crippen molar-refractivity contribution in [1.29, 1.82) is 0 Å². The second-order valence-electron chi connectivity index (χ2n) is 5.68. The molecule has 0 unspecified atom stereocenters. The van der Waals surface area contributed by atoms with Gasteiger partial charge in [-0.15, -0.1) is 0 Å². The van der Waals surface area contributed by atoms with Crippen LogP contribution in [0, 0.1) is 6.92 Å². The fourth-order valence-corrected chi connectivity index (χ4v) is 4.57. The summed E-state index contributed by atoms with van der Waals surface area (Å²) in [5.41, 5.74) is 0.257. The molecule has 0 bridgehead atoms. The highest BCUT2D eigenvalue weighted by Crippen LogP contribution is 2.24. The van der Waals surface area contributed by atoms with Gasteiger partial charge in [0.2, 0.25) is 15.0 Å². The number of amides is 1. The molecule has 8 nitrogen and oxygen atoms in total. The topological polar surface area (TPSA) is 98.3 Å². The number of sulfone groups is 1. The van der Waals surface area contributed by atoms with Gasteiger partial charge < -0.3 is 14.0 Å². The first-order valence-corrected chi connectivity index (χ1v) is 8.88. The van der Waals surface area contributed by atoms with Crippen LogP contribution in [0.3, 0.4) is 0 Å². The summed E-state index contributed by atoms with van der Waals surface area (Å²) in [7, 11) is -1.82. The molecule has 23 heavy (non-hydrogen) atoms. The number of aromatic nitrogens is 3. The third-order valence-electron chi connectivity index (χ3n) is 4.05. The smallest absolute Gasteiger partial charge is 0.276 e. The fraction of sp³-hybridized carbons (Fsp3) is 0.500. The van der Waals surface area contributed by atoms with Crippen LogP contribution >= 0.6 is 0 Å². The van der Waals surface area contributed by atoms with Crippen molar-refractivity contribution in [3.63, 3.8) is 0 Å². The lowest BCUT2D eigenvalue weighted by atomic mass is 10.1. The van der Waals surface area contributed by atoms with Crippen molar-refractivity contribution in [1.82, 2.24) is 19.6 Å². The fourth-order valence-electron chi connectivity index (χ4n) is 2.77. The monoisotopic (exact) mass is 338 g/mol. The number of hydrogen-bond acceptors (Lipinski definition) is 6. The first-order valence-electron chi connectivity index (χ1n) is 7.33. The number of aryl methyl sites for hydroxylation is 2. The maximum absolute atomic E-state index is 12.6. The van der Waals surface area contributed by atoms with Gasteiger partial charge in [0.1, 0.15) is 5.76 Å². The number of likely N-dealkylation sites (tertiary alicyclic amines) is 1. The van der Waals surface area contributed by atoms with Crippen LogP contribution in [-0.2, 0) is 16.9 Å². The molecule has 124 valence electrons. The number of piperidine rings is 1. The summed E-state index contributed by atoms with van der Waals surface area (Å²) in [6.45, 7) is 2.47. The largest absolute Gasteiger partial charge is 0.361 e. The molecule has 0 aromatic carbocycles. The Bertz CT molecular complexity index is 815. The van der Waals surface area contributed by atoms with E-state index in [1.807, 2.05) is 0 Å². The maximum atomic E-state index is 12.6. The van der Waals surface area contributed by atoms with Crippen LogP contribution in [0.2, 0.25) is 0 Å². The summed E-state index contributed by atoms with van der Waals surface area (Å²) in [6.07, 6.45) is 3.85. The van der Waals surface area contributed by atoms with Crippen LogP contribution < -0.4 is 0 Å². The Hall–Kier alpha value is -2.16. The first-order chi connectivity index (χ1) is 10.9. The molecule has 0 aliphatic carbocycles. The highest BCUT2D eigenvalue weighted by molar-refractivity contribution is 7.91. The molecule has 0 radical (unpaired) electrons. The SMILES string of the molecule is Cc1cc(C(=O)N2CCC(S(=O)(=O)c3nccn3C)CC2)no1. The molecule has 9 heteroatoms. The summed E-state index contributed by atoms with van der Waals surface area (Å²) in [5, 5.41) is 3.27. The maximum Gasteiger partial charge on any atom is 0.276 e. The molecule has 0 atom stereocenters. The Balaban J connectivity index is 1.69. The normalized spacial score (nSPS) is 16.7. The highest BCUT2D eigenvalue weighted by Gasteiger charge is 2.35. The number of hydrogen-bond donors (Lipinski definition) is 0. The Kier molecular flexibility index (Phi) is 3.97. The van der Waals surface area contributed by atoms with Gasteiger partial charge in [-0.1, -0.05) is 5.16 Å². The number of carbonyl (C=O) groups is 1. The first kappa shape index (κ1) is 15.7. The van der Waals surface area contributed by atoms with Crippen LogP contribution in [0.15, 0.2) is 28.1 Å². The van der Waals surface area contributed by atoms with Gasteiger partial charge in [0.05, 0.1) is 5.25 Å². The van der Waals surface area contributed by atoms with Gasteiger partial charge in [0, 0.05) is 38.6 Å². The standard InChI is InChI=1S/C14H18N4O4S/c1-10-9-12(16-22-10)13(19)18-6-3-11(4-7-18)23(20,21)14-15-5-8-17(14)2/h5,8-9,11H,3-4,6-7H2,1-2H3. The molecule has 2 aromatic rings. The van der Waals surface area contributed by atoms with E-state index in [0.29, 0.717) is 31.7 Å². The number of rotatable bonds is 3. The Morgan fingerprint density at radius 1 is 1.35 bits per heavy atom. The van der Waals surface area contributed by atoms with Crippen molar-refractivity contribution in [2.75, 3.05) is 13.1 Å². The zero-order valence-electron chi connectivity index (χ0n) is 13.0. The average Bonchev–Trinajstić information content (AvgIpc) is 3.15. The van der Waals surface area contributed by atoms with E-state index in [9.17, 15) is 13.2 Å². The van der Waals surface area contributed by atoms with Crippen molar-refractivity contribution in [3.05, 3.63) is 29.9 Å². The van der Waals surface area contributed by atoms with Gasteiger partial charge in [-0.3, -0.25) is 4.79 Å². The van der Waals surface area contributed by atoms with Gasteiger partial charge in [-0.2, -0.15) is 0 Å². The van der Waals surface area contributed by atoms with E-state index in [1.165, 1.54) is 10.8 Å². The van der Waals surface area contributed by atoms with Gasteiger partial charge in [-0.25, -0.2) is 13.4 Å². The van der Waals surface area contributed by atoms with Crippen LogP contribution in [0.25, 0.3) is 0 Å². The number of imidazole rings is 1. The van der Waals surface area contributed by atoms with Crippen molar-refractivity contribution < 1.29 is 17.7 Å². The Morgan fingerprint density at radius 2 is 2.04 bits per heavy atom. The predicted octanol–water partition coefficient (Wildman–Crippen LogP) is 0.795. The van der Waals surface area contributed by atoms with Crippen LogP contribution in [0.5, 0.6) is 0 Å². The number of nitrogens with zero attached hydrogens (tertiary/aromatic N) is 4. The van der Waals surface area contributed by atoms with E-state index in [4.69, 9.17) is 4.52 Å². The predicted molar refractivity (Wildman–Crippen MR) is 80.6 cm³/mol. The summed E-state index contributed by atoms with van der Waals surface area (Å²) < 4.78 is 31.6. The van der Waals surface area contributed by atoms with Crippen molar-refractivity contribution >= 4 is 15.7 Å². The molecular weight excluding hydrogens is 320 g/mol. The zero-order chi connectivity index (χ0) is 16.6. The van der Waals surface area contributed by atoms with Crippen LogP contribution in [0.1, 0.15) is 29.1 Å². The number of carbonyl (C=O) groups excluding carboxylic acids is 1. The minimum atomic E-state index is -3.48. The lowest BCUT2D eigenvalue weighted by Gasteiger charge is -2.30. The highest BCUT2D eigenvalue weighted by atomic mass is 32.2. The third-order valence-corrected chi connectivity index (χ3v) is 6.30. The van der Waals surface area contributed by atoms with E-state index < -0.39 is 15.1 Å². The van der Waals surface area contributed by atoms with E-state index in [0.717, 1.165) is 0 Å². The van der Waals surface area contributed by atoms with Crippen molar-refractivity contribution in [3.8, 4) is 0 Å². The molecule has 1 amide bonds. The Labute approximate surface area is 134 Å². The van der Waals surface area contributed by atoms with Crippen LogP contribution in [-0.4, -0.2) is 52.3 Å².